The molecule has 5 heteroatoms. The second kappa shape index (κ2) is 8.24. The van der Waals surface area contributed by atoms with Crippen LogP contribution in [0.25, 0.3) is 0 Å². The predicted octanol–water partition coefficient (Wildman–Crippen LogP) is 3.15. The highest BCUT2D eigenvalue weighted by atomic mass is 16.3. The van der Waals surface area contributed by atoms with Crippen molar-refractivity contribution in [3.8, 4) is 0 Å². The zero-order valence-electron chi connectivity index (χ0n) is 12.7. The first-order chi connectivity index (χ1) is 10.7. The van der Waals surface area contributed by atoms with Crippen molar-refractivity contribution in [3.05, 3.63) is 60.1 Å². The van der Waals surface area contributed by atoms with Gasteiger partial charge >= 0.3 is 6.03 Å². The van der Waals surface area contributed by atoms with Crippen LogP contribution in [0, 0.1) is 0 Å². The van der Waals surface area contributed by atoms with E-state index in [0.717, 1.165) is 5.56 Å². The van der Waals surface area contributed by atoms with Gasteiger partial charge in [-0.1, -0.05) is 30.3 Å². The molecule has 2 rings (SSSR count). The minimum atomic E-state index is -0.254. The Labute approximate surface area is 130 Å². The van der Waals surface area contributed by atoms with E-state index >= 15 is 0 Å². The first kappa shape index (κ1) is 16.1. The molecule has 1 heterocycles. The lowest BCUT2D eigenvalue weighted by atomic mass is 10.0. The third-order valence-corrected chi connectivity index (χ3v) is 3.48. The Hall–Kier alpha value is -2.27. The summed E-state index contributed by atoms with van der Waals surface area (Å²) in [6, 6.07) is 12.8. The van der Waals surface area contributed by atoms with Crippen LogP contribution in [0.5, 0.6) is 0 Å². The second-order valence-electron chi connectivity index (χ2n) is 5.18. The van der Waals surface area contributed by atoms with Gasteiger partial charge in [0.15, 0.2) is 0 Å². The Morgan fingerprint density at radius 3 is 2.59 bits per heavy atom. The minimum absolute atomic E-state index is 0.107. The molecule has 3 N–H and O–H groups in total. The third-order valence-electron chi connectivity index (χ3n) is 3.48. The summed E-state index contributed by atoms with van der Waals surface area (Å²) in [5.74, 6) is 0.710. The van der Waals surface area contributed by atoms with E-state index in [1.165, 1.54) is 0 Å². The number of hydrogen-bond acceptors (Lipinski definition) is 3. The van der Waals surface area contributed by atoms with Crippen molar-refractivity contribution < 1.29 is 14.3 Å². The van der Waals surface area contributed by atoms with Crippen LogP contribution in [-0.4, -0.2) is 17.7 Å². The Kier molecular flexibility index (Phi) is 6.03. The van der Waals surface area contributed by atoms with Crippen LogP contribution < -0.4 is 10.6 Å². The Bertz CT molecular complexity index is 555. The van der Waals surface area contributed by atoms with Crippen molar-refractivity contribution in [2.24, 2.45) is 0 Å². The number of hydrogen-bond donors (Lipinski definition) is 3. The number of nitrogens with one attached hydrogen (secondary N) is 2. The summed E-state index contributed by atoms with van der Waals surface area (Å²) in [6.45, 7) is 1.97. The average Bonchev–Trinajstić information content (AvgIpc) is 3.06. The molecule has 0 aliphatic carbocycles. The molecule has 0 radical (unpaired) electrons. The molecule has 2 atom stereocenters. The molecule has 22 heavy (non-hydrogen) atoms. The molecule has 5 nitrogen and oxygen atoms in total. The van der Waals surface area contributed by atoms with E-state index < -0.39 is 0 Å². The SMILES string of the molecule is CC(NC(=O)NC(CCCO)c1ccccc1)c1ccco1. The zero-order chi connectivity index (χ0) is 15.8. The van der Waals surface area contributed by atoms with Crippen LogP contribution in [0.1, 0.15) is 43.2 Å². The van der Waals surface area contributed by atoms with E-state index in [1.54, 1.807) is 12.3 Å². The summed E-state index contributed by atoms with van der Waals surface area (Å²) in [7, 11) is 0. The van der Waals surface area contributed by atoms with Crippen molar-refractivity contribution in [1.29, 1.82) is 0 Å². The summed E-state index contributed by atoms with van der Waals surface area (Å²) in [5, 5.41) is 14.8. The Morgan fingerprint density at radius 1 is 1.18 bits per heavy atom. The molecule has 2 amide bonds. The van der Waals surface area contributed by atoms with Crippen LogP contribution in [0.2, 0.25) is 0 Å². The van der Waals surface area contributed by atoms with E-state index in [2.05, 4.69) is 10.6 Å². The minimum Gasteiger partial charge on any atom is -0.467 e. The normalized spacial score (nSPS) is 13.4. The van der Waals surface area contributed by atoms with E-state index in [4.69, 9.17) is 9.52 Å². The topological polar surface area (TPSA) is 74.5 Å². The van der Waals surface area contributed by atoms with Gasteiger partial charge in [-0.15, -0.1) is 0 Å². The lowest BCUT2D eigenvalue weighted by Crippen LogP contribution is -2.39. The highest BCUT2D eigenvalue weighted by molar-refractivity contribution is 5.74. The van der Waals surface area contributed by atoms with Crippen LogP contribution in [-0.2, 0) is 0 Å². The van der Waals surface area contributed by atoms with Gasteiger partial charge in [-0.2, -0.15) is 0 Å². The molecular formula is C17H22N2O3. The van der Waals surface area contributed by atoms with Gasteiger partial charge in [0, 0.05) is 6.61 Å². The van der Waals surface area contributed by atoms with Gasteiger partial charge in [0.05, 0.1) is 18.3 Å². The summed E-state index contributed by atoms with van der Waals surface area (Å²) < 4.78 is 5.28. The lowest BCUT2D eigenvalue weighted by Gasteiger charge is -2.21. The fourth-order valence-electron chi connectivity index (χ4n) is 2.31. The molecule has 2 aromatic rings. The molecule has 0 aliphatic rings. The van der Waals surface area contributed by atoms with E-state index in [-0.39, 0.29) is 24.7 Å². The number of aliphatic hydroxyl groups is 1. The number of carbonyl (C=O) groups excluding carboxylic acids is 1. The van der Waals surface area contributed by atoms with Crippen molar-refractivity contribution in [3.63, 3.8) is 0 Å². The van der Waals surface area contributed by atoms with E-state index in [1.807, 2.05) is 43.3 Å². The Balaban J connectivity index is 1.96. The van der Waals surface area contributed by atoms with Crippen LogP contribution >= 0.6 is 0 Å². The monoisotopic (exact) mass is 302 g/mol. The van der Waals surface area contributed by atoms with Gasteiger partial charge in [-0.05, 0) is 37.5 Å². The molecule has 2 unspecified atom stereocenters. The number of urea groups is 1. The van der Waals surface area contributed by atoms with Crippen molar-refractivity contribution in [2.45, 2.75) is 31.8 Å². The summed E-state index contributed by atoms with van der Waals surface area (Å²) in [6.07, 6.45) is 2.90. The number of carbonyl (C=O) groups is 1. The van der Waals surface area contributed by atoms with Gasteiger partial charge in [0.1, 0.15) is 5.76 Å². The first-order valence-corrected chi connectivity index (χ1v) is 7.47. The molecular weight excluding hydrogens is 280 g/mol. The van der Waals surface area contributed by atoms with Crippen LogP contribution in [0.3, 0.4) is 0 Å². The number of furan rings is 1. The van der Waals surface area contributed by atoms with Crippen molar-refractivity contribution in [1.82, 2.24) is 10.6 Å². The standard InChI is InChI=1S/C17H22N2O3/c1-13(16-10-6-12-22-16)18-17(21)19-15(9-5-11-20)14-7-3-2-4-8-14/h2-4,6-8,10,12-13,15,20H,5,9,11H2,1H3,(H2,18,19,21). The fourth-order valence-corrected chi connectivity index (χ4v) is 2.31. The molecule has 0 bridgehead atoms. The number of amides is 2. The zero-order valence-corrected chi connectivity index (χ0v) is 12.7. The van der Waals surface area contributed by atoms with E-state index in [9.17, 15) is 4.79 Å². The quantitative estimate of drug-likeness (QED) is 0.735. The van der Waals surface area contributed by atoms with Gasteiger partial charge < -0.3 is 20.2 Å². The highest BCUT2D eigenvalue weighted by Gasteiger charge is 2.17. The van der Waals surface area contributed by atoms with Crippen LogP contribution in [0.4, 0.5) is 4.79 Å². The van der Waals surface area contributed by atoms with Crippen molar-refractivity contribution >= 4 is 6.03 Å². The summed E-state index contributed by atoms with van der Waals surface area (Å²) in [5.41, 5.74) is 1.02. The molecule has 118 valence electrons. The van der Waals surface area contributed by atoms with E-state index in [0.29, 0.717) is 18.6 Å². The molecule has 0 fully saturated rings. The smallest absolute Gasteiger partial charge is 0.315 e. The largest absolute Gasteiger partial charge is 0.467 e. The molecule has 0 spiro atoms. The summed E-state index contributed by atoms with van der Waals surface area (Å²) in [4.78, 5) is 12.2. The predicted molar refractivity (Wildman–Crippen MR) is 84.3 cm³/mol. The maximum Gasteiger partial charge on any atom is 0.315 e. The Morgan fingerprint density at radius 2 is 1.95 bits per heavy atom. The molecule has 0 aliphatic heterocycles. The highest BCUT2D eigenvalue weighted by Crippen LogP contribution is 2.18. The number of benzene rings is 1. The lowest BCUT2D eigenvalue weighted by molar-refractivity contribution is 0.228. The first-order valence-electron chi connectivity index (χ1n) is 7.47. The number of rotatable bonds is 7. The fraction of sp³-hybridized carbons (Fsp3) is 0.353. The maximum absolute atomic E-state index is 12.2. The third kappa shape index (κ3) is 4.63. The maximum atomic E-state index is 12.2. The average molecular weight is 302 g/mol. The number of aliphatic hydroxyl groups excluding tert-OH is 1. The second-order valence-corrected chi connectivity index (χ2v) is 5.18. The summed E-state index contributed by atoms with van der Waals surface area (Å²) >= 11 is 0. The molecule has 0 saturated carbocycles. The van der Waals surface area contributed by atoms with Gasteiger partial charge in [0.25, 0.3) is 0 Å². The van der Waals surface area contributed by atoms with Gasteiger partial charge in [0.2, 0.25) is 0 Å². The molecule has 1 aromatic carbocycles. The van der Waals surface area contributed by atoms with Crippen LogP contribution in [0.15, 0.2) is 53.1 Å². The molecule has 1 aromatic heterocycles. The van der Waals surface area contributed by atoms with Crippen molar-refractivity contribution in [2.75, 3.05) is 6.61 Å². The molecule has 0 saturated heterocycles. The van der Waals surface area contributed by atoms with Gasteiger partial charge in [-0.25, -0.2) is 4.79 Å². The van der Waals surface area contributed by atoms with Gasteiger partial charge in [-0.3, -0.25) is 0 Å².